The number of Topliss-reactive ketones (excluding diaryl/α,β-unsaturated/α-hetero) is 1. The Kier molecular flexibility index (Phi) is 5.36. The summed E-state index contributed by atoms with van der Waals surface area (Å²) in [7, 11) is -1.10. The highest BCUT2D eigenvalue weighted by Crippen LogP contribution is 2.17. The summed E-state index contributed by atoms with van der Waals surface area (Å²) in [5, 5.41) is 0. The first kappa shape index (κ1) is 19.4. The molecule has 146 valence electrons. The van der Waals surface area contributed by atoms with Crippen LogP contribution in [0.25, 0.3) is 0 Å². The topological polar surface area (TPSA) is 96.6 Å². The number of hydrogen-bond acceptors (Lipinski definition) is 6. The summed E-state index contributed by atoms with van der Waals surface area (Å²) in [5.41, 5.74) is -0.434. The predicted molar refractivity (Wildman–Crippen MR) is 102 cm³/mol. The lowest BCUT2D eigenvalue weighted by Crippen LogP contribution is -2.30. The van der Waals surface area contributed by atoms with Crippen molar-refractivity contribution in [3.8, 4) is 11.5 Å². The molecule has 0 aliphatic heterocycles. The molecule has 2 aromatic carbocycles. The SMILES string of the molecule is COc1ccc(C(=O)Cn2ccn(S(=O)(=O)c3ccc(OC)cc3)c2=O)cc1. The Morgan fingerprint density at radius 1 is 0.893 bits per heavy atom. The van der Waals surface area contributed by atoms with Gasteiger partial charge < -0.3 is 9.47 Å². The monoisotopic (exact) mass is 402 g/mol. The van der Waals surface area contributed by atoms with Gasteiger partial charge in [-0.1, -0.05) is 0 Å². The maximum atomic E-state index is 12.7. The highest BCUT2D eigenvalue weighted by molar-refractivity contribution is 7.90. The number of nitrogens with zero attached hydrogens (tertiary/aromatic N) is 2. The molecule has 0 fully saturated rings. The quantitative estimate of drug-likeness (QED) is 0.559. The lowest BCUT2D eigenvalue weighted by atomic mass is 10.1. The fourth-order valence-corrected chi connectivity index (χ4v) is 3.81. The van der Waals surface area contributed by atoms with E-state index < -0.39 is 15.7 Å². The van der Waals surface area contributed by atoms with Crippen LogP contribution < -0.4 is 15.2 Å². The second-order valence-corrected chi connectivity index (χ2v) is 7.65. The summed E-state index contributed by atoms with van der Waals surface area (Å²) in [5.74, 6) is 0.767. The van der Waals surface area contributed by atoms with E-state index in [1.54, 1.807) is 24.3 Å². The van der Waals surface area contributed by atoms with Crippen molar-refractivity contribution in [3.63, 3.8) is 0 Å². The van der Waals surface area contributed by atoms with Gasteiger partial charge in [0.25, 0.3) is 10.0 Å². The molecule has 0 amide bonds. The van der Waals surface area contributed by atoms with Crippen molar-refractivity contribution in [3.05, 3.63) is 77.0 Å². The van der Waals surface area contributed by atoms with Gasteiger partial charge in [0.15, 0.2) is 5.78 Å². The molecule has 0 aliphatic carbocycles. The molecule has 0 saturated heterocycles. The third-order valence-corrected chi connectivity index (χ3v) is 5.82. The van der Waals surface area contributed by atoms with Gasteiger partial charge in [0.2, 0.25) is 0 Å². The van der Waals surface area contributed by atoms with E-state index in [1.807, 2.05) is 0 Å². The Hall–Kier alpha value is -3.33. The Morgan fingerprint density at radius 2 is 1.43 bits per heavy atom. The van der Waals surface area contributed by atoms with Crippen LogP contribution in [0.4, 0.5) is 0 Å². The van der Waals surface area contributed by atoms with E-state index in [0.717, 1.165) is 10.8 Å². The zero-order chi connectivity index (χ0) is 20.3. The van der Waals surface area contributed by atoms with Crippen LogP contribution in [-0.4, -0.2) is 37.0 Å². The van der Waals surface area contributed by atoms with Crippen molar-refractivity contribution in [2.75, 3.05) is 14.2 Å². The van der Waals surface area contributed by atoms with E-state index in [4.69, 9.17) is 9.47 Å². The third kappa shape index (κ3) is 3.70. The van der Waals surface area contributed by atoms with E-state index in [-0.39, 0.29) is 17.2 Å². The number of rotatable bonds is 7. The standard InChI is InChI=1S/C19H18N2O6S/c1-26-15-5-3-14(4-6-15)18(22)13-20-11-12-21(19(20)23)28(24,25)17-9-7-16(27-2)8-10-17/h3-12H,13H2,1-2H3. The number of hydrogen-bond donors (Lipinski definition) is 0. The van der Waals surface area contributed by atoms with Crippen LogP contribution in [0.15, 0.2) is 70.6 Å². The van der Waals surface area contributed by atoms with E-state index in [0.29, 0.717) is 21.0 Å². The molecule has 3 rings (SSSR count). The number of aromatic nitrogens is 2. The number of carbonyl (C=O) groups excluding carboxylic acids is 1. The normalized spacial score (nSPS) is 11.2. The first-order chi connectivity index (χ1) is 13.4. The van der Waals surface area contributed by atoms with Gasteiger partial charge in [0.1, 0.15) is 11.5 Å². The zero-order valence-electron chi connectivity index (χ0n) is 15.2. The van der Waals surface area contributed by atoms with Crippen LogP contribution in [-0.2, 0) is 16.6 Å². The van der Waals surface area contributed by atoms with Crippen LogP contribution in [0.5, 0.6) is 11.5 Å². The fraction of sp³-hybridized carbons (Fsp3) is 0.158. The molecular weight excluding hydrogens is 384 g/mol. The average molecular weight is 402 g/mol. The molecule has 0 N–H and O–H groups in total. The van der Waals surface area contributed by atoms with Crippen molar-refractivity contribution in [2.24, 2.45) is 0 Å². The third-order valence-electron chi connectivity index (χ3n) is 4.16. The Bertz CT molecular complexity index is 1140. The first-order valence-corrected chi connectivity index (χ1v) is 9.65. The van der Waals surface area contributed by atoms with Gasteiger partial charge >= 0.3 is 5.69 Å². The van der Waals surface area contributed by atoms with Gasteiger partial charge in [0.05, 0.1) is 25.7 Å². The average Bonchev–Trinajstić information content (AvgIpc) is 3.09. The van der Waals surface area contributed by atoms with E-state index in [1.165, 1.54) is 44.7 Å². The number of ketones is 1. The maximum absolute atomic E-state index is 12.7. The van der Waals surface area contributed by atoms with Crippen molar-refractivity contribution in [2.45, 2.75) is 11.4 Å². The molecule has 0 saturated carbocycles. The van der Waals surface area contributed by atoms with Crippen LogP contribution in [0.1, 0.15) is 10.4 Å². The maximum Gasteiger partial charge on any atom is 0.342 e. The van der Waals surface area contributed by atoms with Gasteiger partial charge in [-0.15, -0.1) is 0 Å². The summed E-state index contributed by atoms with van der Waals surface area (Å²) in [6, 6.07) is 12.1. The highest BCUT2D eigenvalue weighted by atomic mass is 32.2. The Morgan fingerprint density at radius 3 is 1.96 bits per heavy atom. The molecular formula is C19H18N2O6S. The van der Waals surface area contributed by atoms with Gasteiger partial charge in [-0.25, -0.2) is 13.2 Å². The predicted octanol–water partition coefficient (Wildman–Crippen LogP) is 1.79. The molecule has 9 heteroatoms. The van der Waals surface area contributed by atoms with E-state index in [2.05, 4.69) is 0 Å². The summed E-state index contributed by atoms with van der Waals surface area (Å²) >= 11 is 0. The number of ether oxygens (including phenoxy) is 2. The molecule has 0 aliphatic rings. The van der Waals surface area contributed by atoms with Gasteiger partial charge in [-0.2, -0.15) is 3.97 Å². The summed E-state index contributed by atoms with van der Waals surface area (Å²) in [4.78, 5) is 24.9. The number of carbonyl (C=O) groups is 1. The number of benzene rings is 2. The van der Waals surface area contributed by atoms with E-state index in [9.17, 15) is 18.0 Å². The molecule has 0 atom stereocenters. The minimum absolute atomic E-state index is 0.0605. The summed E-state index contributed by atoms with van der Waals surface area (Å²) in [6.07, 6.45) is 2.40. The Balaban J connectivity index is 1.86. The molecule has 0 unspecified atom stereocenters. The van der Waals surface area contributed by atoms with Crippen molar-refractivity contribution >= 4 is 15.8 Å². The molecule has 1 heterocycles. The smallest absolute Gasteiger partial charge is 0.342 e. The molecule has 28 heavy (non-hydrogen) atoms. The van der Waals surface area contributed by atoms with Gasteiger partial charge in [-0.05, 0) is 48.5 Å². The molecule has 3 aromatic rings. The molecule has 8 nitrogen and oxygen atoms in total. The zero-order valence-corrected chi connectivity index (χ0v) is 16.0. The van der Waals surface area contributed by atoms with Gasteiger partial charge in [0, 0.05) is 18.0 Å². The van der Waals surface area contributed by atoms with Crippen molar-refractivity contribution in [1.82, 2.24) is 8.54 Å². The van der Waals surface area contributed by atoms with Crippen LogP contribution >= 0.6 is 0 Å². The largest absolute Gasteiger partial charge is 0.497 e. The Labute approximate surface area is 161 Å². The lowest BCUT2D eigenvalue weighted by molar-refractivity contribution is 0.0971. The van der Waals surface area contributed by atoms with Crippen molar-refractivity contribution in [1.29, 1.82) is 0 Å². The molecule has 0 bridgehead atoms. The van der Waals surface area contributed by atoms with Crippen LogP contribution in [0, 0.1) is 0 Å². The lowest BCUT2D eigenvalue weighted by Gasteiger charge is -2.06. The second kappa shape index (κ2) is 7.73. The second-order valence-electron chi connectivity index (χ2n) is 5.84. The fourth-order valence-electron chi connectivity index (χ4n) is 2.58. The van der Waals surface area contributed by atoms with Crippen LogP contribution in [0.3, 0.4) is 0 Å². The minimum atomic E-state index is -4.08. The summed E-state index contributed by atoms with van der Waals surface area (Å²) in [6.45, 7) is -0.281. The molecule has 1 aromatic heterocycles. The van der Waals surface area contributed by atoms with E-state index >= 15 is 0 Å². The summed E-state index contributed by atoms with van der Waals surface area (Å²) < 4.78 is 37.1. The number of imidazole rings is 1. The first-order valence-electron chi connectivity index (χ1n) is 8.21. The van der Waals surface area contributed by atoms with Gasteiger partial charge in [-0.3, -0.25) is 9.36 Å². The molecule has 0 radical (unpaired) electrons. The highest BCUT2D eigenvalue weighted by Gasteiger charge is 2.21. The molecule has 0 spiro atoms. The van der Waals surface area contributed by atoms with Crippen molar-refractivity contribution < 1.29 is 22.7 Å². The minimum Gasteiger partial charge on any atom is -0.497 e. The van der Waals surface area contributed by atoms with Crippen LogP contribution in [0.2, 0.25) is 0 Å². The number of methoxy groups -OCH3 is 2.